The van der Waals surface area contributed by atoms with E-state index in [0.29, 0.717) is 10.8 Å². The Balaban J connectivity index is 2.24. The minimum Gasteiger partial charge on any atom is -0.479 e. The number of aliphatic hydroxyl groups excluding tert-OH is 1. The monoisotopic (exact) mass is 303 g/mol. The molecule has 1 amide bonds. The van der Waals surface area contributed by atoms with Crippen LogP contribution in [0.3, 0.4) is 0 Å². The van der Waals surface area contributed by atoms with Gasteiger partial charge >= 0.3 is 5.97 Å². The van der Waals surface area contributed by atoms with Crippen molar-refractivity contribution < 1.29 is 19.8 Å². The summed E-state index contributed by atoms with van der Waals surface area (Å²) in [6, 6.07) is 7.32. The van der Waals surface area contributed by atoms with E-state index in [1.807, 2.05) is 18.2 Å². The van der Waals surface area contributed by atoms with Crippen molar-refractivity contribution in [3.8, 4) is 0 Å². The van der Waals surface area contributed by atoms with Crippen molar-refractivity contribution in [1.82, 2.24) is 5.32 Å². The minimum absolute atomic E-state index is 0.224. The third-order valence-electron chi connectivity index (χ3n) is 2.20. The molecule has 1 aromatic carbocycles. The van der Waals surface area contributed by atoms with Gasteiger partial charge in [0.05, 0.1) is 11.6 Å². The predicted octanol–water partition coefficient (Wildman–Crippen LogP) is 1.38. The van der Waals surface area contributed by atoms with Gasteiger partial charge in [-0.25, -0.2) is 4.79 Å². The maximum absolute atomic E-state index is 11.4. The number of benzene rings is 1. The van der Waals surface area contributed by atoms with Gasteiger partial charge in [0.25, 0.3) is 0 Å². The molecule has 1 aromatic rings. The molecule has 0 heterocycles. The van der Waals surface area contributed by atoms with Crippen LogP contribution in [0, 0.1) is 0 Å². The molecule has 0 aliphatic carbocycles. The van der Waals surface area contributed by atoms with Crippen molar-refractivity contribution in [2.45, 2.75) is 17.4 Å². The maximum Gasteiger partial charge on any atom is 0.334 e. The molecule has 0 spiro atoms. The minimum atomic E-state index is -1.57. The van der Waals surface area contributed by atoms with Crippen molar-refractivity contribution >= 4 is 35.2 Å². The lowest BCUT2D eigenvalue weighted by Crippen LogP contribution is -2.36. The van der Waals surface area contributed by atoms with Crippen molar-refractivity contribution in [3.05, 3.63) is 29.3 Å². The second kappa shape index (κ2) is 8.04. The molecule has 7 heteroatoms. The lowest BCUT2D eigenvalue weighted by molar-refractivity contribution is -0.146. The molecule has 19 heavy (non-hydrogen) atoms. The van der Waals surface area contributed by atoms with Crippen molar-refractivity contribution in [1.29, 1.82) is 0 Å². The molecule has 0 bridgehead atoms. The number of carboxylic acid groups (broad SMARTS) is 1. The van der Waals surface area contributed by atoms with Crippen LogP contribution in [0.2, 0.25) is 5.02 Å². The molecular formula is C12H14ClNO4S. The second-order valence-electron chi connectivity index (χ2n) is 3.69. The van der Waals surface area contributed by atoms with Crippen LogP contribution in [0.1, 0.15) is 6.42 Å². The zero-order chi connectivity index (χ0) is 14.3. The quantitative estimate of drug-likeness (QED) is 0.663. The number of aliphatic carboxylic acids is 1. The second-order valence-corrected chi connectivity index (χ2v) is 5.23. The van der Waals surface area contributed by atoms with Gasteiger partial charge in [-0.05, 0) is 12.1 Å². The molecule has 0 saturated carbocycles. The summed E-state index contributed by atoms with van der Waals surface area (Å²) in [7, 11) is 0. The molecule has 1 atom stereocenters. The lowest BCUT2D eigenvalue weighted by Gasteiger charge is -2.08. The van der Waals surface area contributed by atoms with Crippen LogP contribution < -0.4 is 5.32 Å². The van der Waals surface area contributed by atoms with Crippen LogP contribution in [0.25, 0.3) is 0 Å². The van der Waals surface area contributed by atoms with Gasteiger partial charge in [-0.15, -0.1) is 11.8 Å². The first-order valence-electron chi connectivity index (χ1n) is 5.55. The van der Waals surface area contributed by atoms with Gasteiger partial charge in [0.2, 0.25) is 5.91 Å². The molecular weight excluding hydrogens is 290 g/mol. The molecule has 0 radical (unpaired) electrons. The van der Waals surface area contributed by atoms with E-state index in [1.165, 1.54) is 11.8 Å². The van der Waals surface area contributed by atoms with Crippen molar-refractivity contribution in [3.63, 3.8) is 0 Å². The summed E-state index contributed by atoms with van der Waals surface area (Å²) in [6.45, 7) is -0.287. The van der Waals surface area contributed by atoms with Crippen LogP contribution in [0.15, 0.2) is 29.2 Å². The number of aliphatic hydroxyl groups is 1. The zero-order valence-corrected chi connectivity index (χ0v) is 11.6. The normalized spacial score (nSPS) is 11.9. The number of carbonyl (C=O) groups is 2. The summed E-state index contributed by atoms with van der Waals surface area (Å²) in [5.74, 6) is -1.13. The van der Waals surface area contributed by atoms with E-state index in [1.54, 1.807) is 6.07 Å². The Morgan fingerprint density at radius 2 is 2.05 bits per heavy atom. The van der Waals surface area contributed by atoms with E-state index < -0.39 is 12.1 Å². The van der Waals surface area contributed by atoms with Gasteiger partial charge in [-0.2, -0.15) is 0 Å². The maximum atomic E-state index is 11.4. The number of rotatable bonds is 7. The van der Waals surface area contributed by atoms with E-state index in [0.717, 1.165) is 4.90 Å². The van der Waals surface area contributed by atoms with Crippen LogP contribution in [0.4, 0.5) is 0 Å². The van der Waals surface area contributed by atoms with Gasteiger partial charge in [0, 0.05) is 17.1 Å². The lowest BCUT2D eigenvalue weighted by atomic mass is 10.3. The van der Waals surface area contributed by atoms with Gasteiger partial charge < -0.3 is 15.5 Å². The van der Waals surface area contributed by atoms with Gasteiger partial charge in [0.1, 0.15) is 0 Å². The highest BCUT2D eigenvalue weighted by Crippen LogP contribution is 2.26. The number of carboxylic acids is 1. The molecule has 5 nitrogen and oxygen atoms in total. The molecule has 0 aliphatic heterocycles. The first kappa shape index (κ1) is 15.8. The van der Waals surface area contributed by atoms with E-state index in [9.17, 15) is 9.59 Å². The third kappa shape index (κ3) is 5.96. The smallest absolute Gasteiger partial charge is 0.334 e. The SMILES string of the molecule is O=C(CCSc1ccccc1Cl)NC[C@H](O)C(=O)O. The number of amides is 1. The van der Waals surface area contributed by atoms with Gasteiger partial charge in [0.15, 0.2) is 6.10 Å². The summed E-state index contributed by atoms with van der Waals surface area (Å²) in [5.41, 5.74) is 0. The topological polar surface area (TPSA) is 86.6 Å². The van der Waals surface area contributed by atoms with Crippen LogP contribution in [-0.2, 0) is 9.59 Å². The molecule has 3 N–H and O–H groups in total. The Morgan fingerprint density at radius 3 is 2.68 bits per heavy atom. The highest BCUT2D eigenvalue weighted by Gasteiger charge is 2.13. The highest BCUT2D eigenvalue weighted by atomic mass is 35.5. The Kier molecular flexibility index (Phi) is 6.69. The fraction of sp³-hybridized carbons (Fsp3) is 0.333. The third-order valence-corrected chi connectivity index (χ3v) is 3.72. The van der Waals surface area contributed by atoms with E-state index in [-0.39, 0.29) is 18.9 Å². The zero-order valence-electron chi connectivity index (χ0n) is 10.0. The predicted molar refractivity (Wildman–Crippen MR) is 73.4 cm³/mol. The van der Waals surface area contributed by atoms with Crippen LogP contribution in [0.5, 0.6) is 0 Å². The molecule has 0 aliphatic rings. The number of nitrogens with one attached hydrogen (secondary N) is 1. The fourth-order valence-electron chi connectivity index (χ4n) is 1.20. The van der Waals surface area contributed by atoms with Gasteiger partial charge in [-0.3, -0.25) is 4.79 Å². The number of halogens is 1. The molecule has 104 valence electrons. The van der Waals surface area contributed by atoms with Crippen LogP contribution >= 0.6 is 23.4 Å². The van der Waals surface area contributed by atoms with E-state index in [4.69, 9.17) is 21.8 Å². The first-order valence-corrected chi connectivity index (χ1v) is 6.92. The number of hydrogen-bond acceptors (Lipinski definition) is 4. The summed E-state index contributed by atoms with van der Waals surface area (Å²) in [6.07, 6.45) is -1.34. The van der Waals surface area contributed by atoms with Crippen molar-refractivity contribution in [2.24, 2.45) is 0 Å². The average Bonchev–Trinajstić information content (AvgIpc) is 2.38. The molecule has 0 aromatic heterocycles. The molecule has 0 unspecified atom stereocenters. The average molecular weight is 304 g/mol. The van der Waals surface area contributed by atoms with Gasteiger partial charge in [-0.1, -0.05) is 23.7 Å². The number of thioether (sulfide) groups is 1. The standard InChI is InChI=1S/C12H14ClNO4S/c13-8-3-1-2-4-10(8)19-6-5-11(16)14-7-9(15)12(17)18/h1-4,9,15H,5-7H2,(H,14,16)(H,17,18)/t9-/m0/s1. The summed E-state index contributed by atoms with van der Waals surface area (Å²) in [5, 5.41) is 20.4. The molecule has 1 rings (SSSR count). The Hall–Kier alpha value is -1.24. The summed E-state index contributed by atoms with van der Waals surface area (Å²) >= 11 is 7.40. The Bertz CT molecular complexity index is 455. The van der Waals surface area contributed by atoms with E-state index in [2.05, 4.69) is 5.32 Å². The fourth-order valence-corrected chi connectivity index (χ4v) is 2.39. The molecule has 0 saturated heterocycles. The van der Waals surface area contributed by atoms with Crippen LogP contribution in [-0.4, -0.2) is 40.5 Å². The molecule has 0 fully saturated rings. The highest BCUT2D eigenvalue weighted by molar-refractivity contribution is 7.99. The Morgan fingerprint density at radius 1 is 1.37 bits per heavy atom. The number of carbonyl (C=O) groups excluding carboxylic acids is 1. The Labute approximate surface area is 120 Å². The van der Waals surface area contributed by atoms with E-state index >= 15 is 0 Å². The number of hydrogen-bond donors (Lipinski definition) is 3. The summed E-state index contributed by atoms with van der Waals surface area (Å²) < 4.78 is 0. The summed E-state index contributed by atoms with van der Waals surface area (Å²) in [4.78, 5) is 22.6. The van der Waals surface area contributed by atoms with Crippen molar-refractivity contribution in [2.75, 3.05) is 12.3 Å². The largest absolute Gasteiger partial charge is 0.479 e. The first-order chi connectivity index (χ1) is 9.00.